The molecule has 0 unspecified atom stereocenters. The maximum atomic E-state index is 12.9. The van der Waals surface area contributed by atoms with Crippen LogP contribution in [-0.4, -0.2) is 29.4 Å². The van der Waals surface area contributed by atoms with E-state index in [0.29, 0.717) is 24.1 Å². The average Bonchev–Trinajstić information content (AvgIpc) is 3.12. The minimum absolute atomic E-state index is 0.185. The quantitative estimate of drug-likeness (QED) is 0.601. The molecular weight excluding hydrogens is 398 g/mol. The largest absolute Gasteiger partial charge is 0.548 e. The summed E-state index contributed by atoms with van der Waals surface area (Å²) in [6.07, 6.45) is 5.79. The summed E-state index contributed by atoms with van der Waals surface area (Å²) >= 11 is 0. The number of benzene rings is 1. The Morgan fingerprint density at radius 1 is 1.06 bits per heavy atom. The highest BCUT2D eigenvalue weighted by Crippen LogP contribution is 2.35. The lowest BCUT2D eigenvalue weighted by molar-refractivity contribution is -0.312. The van der Waals surface area contributed by atoms with Crippen molar-refractivity contribution in [1.82, 2.24) is 4.90 Å². The molecule has 31 heavy (non-hydrogen) atoms. The molecule has 1 amide bonds. The van der Waals surface area contributed by atoms with Crippen molar-refractivity contribution in [3.63, 3.8) is 0 Å². The number of rotatable bonds is 3. The number of carboxylic acids is 1. The highest BCUT2D eigenvalue weighted by atomic mass is 16.4. The van der Waals surface area contributed by atoms with E-state index in [1.807, 2.05) is 13.0 Å². The summed E-state index contributed by atoms with van der Waals surface area (Å²) < 4.78 is 11.6. The van der Waals surface area contributed by atoms with Gasteiger partial charge in [-0.25, -0.2) is 4.79 Å². The van der Waals surface area contributed by atoms with Gasteiger partial charge in [-0.05, 0) is 57.1 Å². The fraction of sp³-hybridized carbons (Fsp3) is 0.458. The normalized spacial score (nSPS) is 19.0. The SMILES string of the molecule is Cc1c(CC(=O)N2CCCC[C@@H]2C(=O)[O-])c(=O)oc2cc3oc4c(c3cc12)CCCC4. The molecule has 5 rings (SSSR count). The van der Waals surface area contributed by atoms with Crippen LogP contribution in [0.3, 0.4) is 0 Å². The molecule has 0 radical (unpaired) electrons. The predicted molar refractivity (Wildman–Crippen MR) is 112 cm³/mol. The summed E-state index contributed by atoms with van der Waals surface area (Å²) in [6.45, 7) is 2.17. The number of likely N-dealkylation sites (tertiary alicyclic amines) is 1. The minimum atomic E-state index is -1.25. The van der Waals surface area contributed by atoms with Crippen LogP contribution < -0.4 is 10.7 Å². The number of amides is 1. The number of carbonyl (C=O) groups is 2. The van der Waals surface area contributed by atoms with Crippen LogP contribution in [0.15, 0.2) is 25.8 Å². The molecule has 3 aromatic rings. The van der Waals surface area contributed by atoms with Crippen LogP contribution in [0, 0.1) is 6.92 Å². The van der Waals surface area contributed by atoms with Crippen molar-refractivity contribution < 1.29 is 23.5 Å². The number of nitrogens with zero attached hydrogens (tertiary/aromatic N) is 1. The lowest BCUT2D eigenvalue weighted by Crippen LogP contribution is -2.53. The van der Waals surface area contributed by atoms with Crippen molar-refractivity contribution in [1.29, 1.82) is 0 Å². The van der Waals surface area contributed by atoms with Gasteiger partial charge in [-0.15, -0.1) is 0 Å². The summed E-state index contributed by atoms with van der Waals surface area (Å²) in [5.41, 5.74) is 2.76. The lowest BCUT2D eigenvalue weighted by Gasteiger charge is -2.36. The van der Waals surface area contributed by atoms with Gasteiger partial charge in [-0.2, -0.15) is 0 Å². The zero-order valence-corrected chi connectivity index (χ0v) is 17.5. The number of fused-ring (bicyclic) bond motifs is 4. The van der Waals surface area contributed by atoms with Gasteiger partial charge in [0, 0.05) is 35.4 Å². The molecule has 0 bridgehead atoms. The molecule has 2 aromatic heterocycles. The first-order valence-electron chi connectivity index (χ1n) is 10.9. The van der Waals surface area contributed by atoms with E-state index in [2.05, 4.69) is 0 Å². The zero-order chi connectivity index (χ0) is 21.7. The standard InChI is InChI=1S/C24H25NO6/c1-13-15-10-17-14-6-2-3-8-19(14)30-21(17)12-20(15)31-24(29)16(13)11-22(26)25-9-5-4-7-18(25)23(27)28/h10,12,18H,2-9,11H2,1H3,(H,27,28)/p-1/t18-/m1/s1. The molecule has 0 saturated carbocycles. The summed E-state index contributed by atoms with van der Waals surface area (Å²) in [4.78, 5) is 38.4. The first-order valence-corrected chi connectivity index (χ1v) is 10.9. The van der Waals surface area contributed by atoms with Crippen molar-refractivity contribution in [3.05, 3.63) is 45.0 Å². The fourth-order valence-corrected chi connectivity index (χ4v) is 5.08. The van der Waals surface area contributed by atoms with Crippen molar-refractivity contribution in [3.8, 4) is 0 Å². The minimum Gasteiger partial charge on any atom is -0.548 e. The Bertz CT molecular complexity index is 1270. The number of aryl methyl sites for hydroxylation is 3. The van der Waals surface area contributed by atoms with Gasteiger partial charge in [-0.1, -0.05) is 0 Å². The third-order valence-electron chi connectivity index (χ3n) is 6.79. The van der Waals surface area contributed by atoms with E-state index in [1.54, 1.807) is 6.07 Å². The Balaban J connectivity index is 1.55. The molecule has 1 fully saturated rings. The van der Waals surface area contributed by atoms with Crippen molar-refractivity contribution >= 4 is 33.8 Å². The van der Waals surface area contributed by atoms with Gasteiger partial charge in [0.25, 0.3) is 0 Å². The first kappa shape index (κ1) is 19.8. The molecule has 1 aliphatic carbocycles. The number of piperidine rings is 1. The molecule has 0 spiro atoms. The second-order valence-electron chi connectivity index (χ2n) is 8.64. The molecule has 1 aliphatic heterocycles. The molecule has 1 atom stereocenters. The molecule has 1 aromatic carbocycles. The van der Waals surface area contributed by atoms with Crippen molar-refractivity contribution in [2.24, 2.45) is 0 Å². The van der Waals surface area contributed by atoms with Gasteiger partial charge in [-0.3, -0.25) is 4.79 Å². The molecule has 1 saturated heterocycles. The van der Waals surface area contributed by atoms with Crippen LogP contribution in [0.1, 0.15) is 54.6 Å². The average molecular weight is 422 g/mol. The summed E-state index contributed by atoms with van der Waals surface area (Å²) in [5, 5.41) is 13.3. The molecule has 0 N–H and O–H groups in total. The van der Waals surface area contributed by atoms with Gasteiger partial charge in [0.1, 0.15) is 16.9 Å². The van der Waals surface area contributed by atoms with E-state index in [1.165, 1.54) is 10.5 Å². The van der Waals surface area contributed by atoms with Crippen molar-refractivity contribution in [2.45, 2.75) is 64.3 Å². The van der Waals surface area contributed by atoms with Gasteiger partial charge >= 0.3 is 5.63 Å². The predicted octanol–water partition coefficient (Wildman–Crippen LogP) is 2.40. The Labute approximate surface area is 178 Å². The monoisotopic (exact) mass is 422 g/mol. The first-order chi connectivity index (χ1) is 14.9. The summed E-state index contributed by atoms with van der Waals surface area (Å²) in [7, 11) is 0. The molecular formula is C24H24NO6-. The van der Waals surface area contributed by atoms with Crippen LogP contribution in [-0.2, 0) is 28.9 Å². The maximum Gasteiger partial charge on any atom is 0.340 e. The van der Waals surface area contributed by atoms with Crippen molar-refractivity contribution in [2.75, 3.05) is 6.54 Å². The molecule has 162 valence electrons. The second-order valence-corrected chi connectivity index (χ2v) is 8.64. The molecule has 7 nitrogen and oxygen atoms in total. The Morgan fingerprint density at radius 3 is 2.65 bits per heavy atom. The van der Waals surface area contributed by atoms with E-state index in [0.717, 1.165) is 60.6 Å². The van der Waals surface area contributed by atoms with Crippen LogP contribution in [0.5, 0.6) is 0 Å². The van der Waals surface area contributed by atoms with E-state index < -0.39 is 17.6 Å². The Kier molecular flexibility index (Phi) is 4.84. The molecule has 7 heteroatoms. The highest BCUT2D eigenvalue weighted by molar-refractivity contribution is 5.97. The number of aliphatic carboxylic acids is 1. The summed E-state index contributed by atoms with van der Waals surface area (Å²) in [5.74, 6) is -0.627. The van der Waals surface area contributed by atoms with Gasteiger partial charge in [0.2, 0.25) is 5.91 Å². The smallest absolute Gasteiger partial charge is 0.340 e. The van der Waals surface area contributed by atoms with E-state index in [-0.39, 0.29) is 17.9 Å². The van der Waals surface area contributed by atoms with E-state index in [9.17, 15) is 19.5 Å². The Hall–Kier alpha value is -3.09. The van der Waals surface area contributed by atoms with Gasteiger partial charge in [0.15, 0.2) is 0 Å². The van der Waals surface area contributed by atoms with E-state index >= 15 is 0 Å². The zero-order valence-electron chi connectivity index (χ0n) is 17.5. The fourth-order valence-electron chi connectivity index (χ4n) is 5.08. The highest BCUT2D eigenvalue weighted by Gasteiger charge is 2.29. The topological polar surface area (TPSA) is 104 Å². The third-order valence-corrected chi connectivity index (χ3v) is 6.79. The molecule has 2 aliphatic rings. The number of hydrogen-bond acceptors (Lipinski definition) is 6. The molecule has 3 heterocycles. The van der Waals surface area contributed by atoms with Gasteiger partial charge < -0.3 is 23.6 Å². The lowest BCUT2D eigenvalue weighted by atomic mass is 9.94. The van der Waals surface area contributed by atoms with Gasteiger partial charge in [0.05, 0.1) is 24.0 Å². The van der Waals surface area contributed by atoms with Crippen LogP contribution >= 0.6 is 0 Å². The van der Waals surface area contributed by atoms with Crippen LogP contribution in [0.4, 0.5) is 0 Å². The maximum absolute atomic E-state index is 12.9. The number of hydrogen-bond donors (Lipinski definition) is 0. The number of carbonyl (C=O) groups excluding carboxylic acids is 2. The Morgan fingerprint density at radius 2 is 1.84 bits per heavy atom. The second kappa shape index (κ2) is 7.55. The van der Waals surface area contributed by atoms with Crippen LogP contribution in [0.2, 0.25) is 0 Å². The third kappa shape index (κ3) is 3.32. The summed E-state index contributed by atoms with van der Waals surface area (Å²) in [6, 6.07) is 2.82. The van der Waals surface area contributed by atoms with E-state index in [4.69, 9.17) is 8.83 Å². The number of furan rings is 1. The van der Waals surface area contributed by atoms with Crippen LogP contribution in [0.25, 0.3) is 21.9 Å². The number of carboxylic acid groups (broad SMARTS) is 1.